The Morgan fingerprint density at radius 3 is 2.63 bits per heavy atom. The smallest absolute Gasteiger partial charge is 0.338 e. The average Bonchev–Trinajstić information content (AvgIpc) is 2.63. The number of carbonyl (C=O) groups excluding carboxylic acids is 3. The molecule has 0 radical (unpaired) electrons. The van der Waals surface area contributed by atoms with E-state index in [1.807, 2.05) is 19.1 Å². The Bertz CT molecular complexity index is 876. The van der Waals surface area contributed by atoms with Crippen LogP contribution in [0.4, 0.5) is 11.4 Å². The SMILES string of the molecule is CCOC(=O)c1ccc(NC(=O)CC2Oc3ccc(C)cc3NC2=O)cc1. The van der Waals surface area contributed by atoms with E-state index in [0.29, 0.717) is 29.3 Å². The highest BCUT2D eigenvalue weighted by Crippen LogP contribution is 2.31. The Morgan fingerprint density at radius 2 is 1.93 bits per heavy atom. The minimum absolute atomic E-state index is 0.126. The maximum Gasteiger partial charge on any atom is 0.338 e. The van der Waals surface area contributed by atoms with Crippen LogP contribution in [0.25, 0.3) is 0 Å². The molecular formula is C20H20N2O5. The molecule has 0 spiro atoms. The predicted octanol–water partition coefficient (Wildman–Crippen LogP) is 2.90. The number of hydrogen-bond donors (Lipinski definition) is 2. The zero-order valence-electron chi connectivity index (χ0n) is 15.1. The molecule has 1 unspecified atom stereocenters. The molecule has 0 bridgehead atoms. The van der Waals surface area contributed by atoms with Crippen LogP contribution in [0.15, 0.2) is 42.5 Å². The van der Waals surface area contributed by atoms with Crippen molar-refractivity contribution in [2.75, 3.05) is 17.2 Å². The summed E-state index contributed by atoms with van der Waals surface area (Å²) < 4.78 is 10.6. The van der Waals surface area contributed by atoms with Crippen LogP contribution >= 0.6 is 0 Å². The predicted molar refractivity (Wildman–Crippen MR) is 99.9 cm³/mol. The molecule has 7 heteroatoms. The highest BCUT2D eigenvalue weighted by molar-refractivity contribution is 6.02. The van der Waals surface area contributed by atoms with Crippen LogP contribution in [-0.2, 0) is 14.3 Å². The molecule has 27 heavy (non-hydrogen) atoms. The summed E-state index contributed by atoms with van der Waals surface area (Å²) in [5, 5.41) is 5.45. The molecule has 0 saturated carbocycles. The zero-order valence-corrected chi connectivity index (χ0v) is 15.1. The van der Waals surface area contributed by atoms with Crippen LogP contribution in [0, 0.1) is 6.92 Å². The number of hydrogen-bond acceptors (Lipinski definition) is 5. The first-order valence-electron chi connectivity index (χ1n) is 8.61. The third-order valence-electron chi connectivity index (χ3n) is 4.01. The van der Waals surface area contributed by atoms with Gasteiger partial charge in [0, 0.05) is 5.69 Å². The summed E-state index contributed by atoms with van der Waals surface area (Å²) in [5.41, 5.74) is 2.52. The lowest BCUT2D eigenvalue weighted by molar-refractivity contribution is -0.128. The molecule has 2 N–H and O–H groups in total. The molecule has 1 heterocycles. The van der Waals surface area contributed by atoms with Gasteiger partial charge in [0.2, 0.25) is 5.91 Å². The van der Waals surface area contributed by atoms with Crippen molar-refractivity contribution in [1.82, 2.24) is 0 Å². The molecule has 1 aliphatic heterocycles. The number of esters is 1. The van der Waals surface area contributed by atoms with Crippen molar-refractivity contribution in [1.29, 1.82) is 0 Å². The monoisotopic (exact) mass is 368 g/mol. The van der Waals surface area contributed by atoms with Gasteiger partial charge in [0.25, 0.3) is 5.91 Å². The van der Waals surface area contributed by atoms with Crippen LogP contribution in [0.3, 0.4) is 0 Å². The van der Waals surface area contributed by atoms with E-state index in [1.165, 1.54) is 0 Å². The van der Waals surface area contributed by atoms with Gasteiger partial charge < -0.3 is 20.1 Å². The Hall–Kier alpha value is -3.35. The Kier molecular flexibility index (Phi) is 5.40. The molecule has 2 aromatic rings. The first kappa shape index (κ1) is 18.4. The fourth-order valence-electron chi connectivity index (χ4n) is 2.68. The first-order valence-corrected chi connectivity index (χ1v) is 8.61. The largest absolute Gasteiger partial charge is 0.478 e. The molecule has 0 fully saturated rings. The number of fused-ring (bicyclic) bond motifs is 1. The van der Waals surface area contributed by atoms with Crippen molar-refractivity contribution < 1.29 is 23.9 Å². The third kappa shape index (κ3) is 4.44. The van der Waals surface area contributed by atoms with E-state index in [1.54, 1.807) is 37.3 Å². The second-order valence-corrected chi connectivity index (χ2v) is 6.15. The van der Waals surface area contributed by atoms with Crippen LogP contribution in [0.5, 0.6) is 5.75 Å². The van der Waals surface area contributed by atoms with Gasteiger partial charge in [0.15, 0.2) is 6.10 Å². The standard InChI is InChI=1S/C20H20N2O5/c1-3-26-20(25)13-5-7-14(8-6-13)21-18(23)11-17-19(24)22-15-10-12(2)4-9-16(15)27-17/h4-10,17H,3,11H2,1-2H3,(H,21,23)(H,22,24). The Morgan fingerprint density at radius 1 is 1.19 bits per heavy atom. The maximum absolute atomic E-state index is 12.3. The lowest BCUT2D eigenvalue weighted by Gasteiger charge is -2.25. The normalized spacial score (nSPS) is 15.2. The number of benzene rings is 2. The molecule has 1 atom stereocenters. The van der Waals surface area contributed by atoms with E-state index in [0.717, 1.165) is 5.56 Å². The van der Waals surface area contributed by atoms with Crippen molar-refractivity contribution in [3.8, 4) is 5.75 Å². The minimum atomic E-state index is -0.904. The maximum atomic E-state index is 12.3. The van der Waals surface area contributed by atoms with Gasteiger partial charge in [-0.05, 0) is 55.8 Å². The van der Waals surface area contributed by atoms with Gasteiger partial charge >= 0.3 is 5.97 Å². The number of carbonyl (C=O) groups is 3. The summed E-state index contributed by atoms with van der Waals surface area (Å²) in [6.07, 6.45) is -1.03. The topological polar surface area (TPSA) is 93.7 Å². The summed E-state index contributed by atoms with van der Waals surface area (Å²) in [4.78, 5) is 36.0. The van der Waals surface area contributed by atoms with Gasteiger partial charge in [-0.25, -0.2) is 4.79 Å². The van der Waals surface area contributed by atoms with Crippen molar-refractivity contribution >= 4 is 29.2 Å². The summed E-state index contributed by atoms with van der Waals surface area (Å²) in [6, 6.07) is 11.8. The molecule has 7 nitrogen and oxygen atoms in total. The number of amides is 2. The van der Waals surface area contributed by atoms with Crippen LogP contribution in [0.2, 0.25) is 0 Å². The van der Waals surface area contributed by atoms with Gasteiger partial charge in [0.1, 0.15) is 5.75 Å². The van der Waals surface area contributed by atoms with E-state index in [2.05, 4.69) is 10.6 Å². The van der Waals surface area contributed by atoms with Gasteiger partial charge in [-0.2, -0.15) is 0 Å². The van der Waals surface area contributed by atoms with E-state index >= 15 is 0 Å². The zero-order chi connectivity index (χ0) is 19.4. The summed E-state index contributed by atoms with van der Waals surface area (Å²) in [7, 11) is 0. The quantitative estimate of drug-likeness (QED) is 0.792. The molecular weight excluding hydrogens is 348 g/mol. The summed E-state index contributed by atoms with van der Waals surface area (Å²) in [5.74, 6) is -0.608. The number of ether oxygens (including phenoxy) is 2. The van der Waals surface area contributed by atoms with E-state index in [9.17, 15) is 14.4 Å². The Labute approximate surface area is 156 Å². The number of aryl methyl sites for hydroxylation is 1. The molecule has 0 saturated heterocycles. The van der Waals surface area contributed by atoms with Gasteiger partial charge in [0.05, 0.1) is 24.3 Å². The molecule has 2 amide bonds. The molecule has 3 rings (SSSR count). The third-order valence-corrected chi connectivity index (χ3v) is 4.01. The summed E-state index contributed by atoms with van der Waals surface area (Å²) >= 11 is 0. The van der Waals surface area contributed by atoms with Gasteiger partial charge in [-0.15, -0.1) is 0 Å². The van der Waals surface area contributed by atoms with Crippen LogP contribution in [-0.4, -0.2) is 30.5 Å². The average molecular weight is 368 g/mol. The molecule has 0 aromatic heterocycles. The second-order valence-electron chi connectivity index (χ2n) is 6.15. The second kappa shape index (κ2) is 7.90. The van der Waals surface area contributed by atoms with Crippen molar-refractivity contribution in [2.45, 2.75) is 26.4 Å². The van der Waals surface area contributed by atoms with E-state index < -0.39 is 12.1 Å². The molecule has 0 aliphatic carbocycles. The van der Waals surface area contributed by atoms with Gasteiger partial charge in [-0.3, -0.25) is 9.59 Å². The minimum Gasteiger partial charge on any atom is -0.478 e. The first-order chi connectivity index (χ1) is 13.0. The van der Waals surface area contributed by atoms with Crippen molar-refractivity contribution in [3.05, 3.63) is 53.6 Å². The fourth-order valence-corrected chi connectivity index (χ4v) is 2.68. The fraction of sp³-hybridized carbons (Fsp3) is 0.250. The lowest BCUT2D eigenvalue weighted by atomic mass is 10.1. The highest BCUT2D eigenvalue weighted by Gasteiger charge is 2.29. The molecule has 140 valence electrons. The summed E-state index contributed by atoms with van der Waals surface area (Å²) in [6.45, 7) is 3.94. The highest BCUT2D eigenvalue weighted by atomic mass is 16.5. The number of anilines is 2. The Balaban J connectivity index is 1.60. The molecule has 2 aromatic carbocycles. The van der Waals surface area contributed by atoms with Crippen LogP contribution < -0.4 is 15.4 Å². The van der Waals surface area contributed by atoms with Crippen molar-refractivity contribution in [3.63, 3.8) is 0 Å². The van der Waals surface area contributed by atoms with Gasteiger partial charge in [-0.1, -0.05) is 6.07 Å². The van der Waals surface area contributed by atoms with Crippen LogP contribution in [0.1, 0.15) is 29.3 Å². The molecule has 1 aliphatic rings. The number of rotatable bonds is 5. The lowest BCUT2D eigenvalue weighted by Crippen LogP contribution is -2.39. The number of nitrogens with one attached hydrogen (secondary N) is 2. The van der Waals surface area contributed by atoms with E-state index in [4.69, 9.17) is 9.47 Å². The van der Waals surface area contributed by atoms with E-state index in [-0.39, 0.29) is 18.2 Å². The van der Waals surface area contributed by atoms with Crippen molar-refractivity contribution in [2.24, 2.45) is 0 Å².